The number of nitrogens with one attached hydrogen (secondary N) is 1. The Labute approximate surface area is 105 Å². The Kier molecular flexibility index (Phi) is 3.52. The minimum atomic E-state index is -0.593. The predicted octanol–water partition coefficient (Wildman–Crippen LogP) is 2.07. The normalized spacial score (nSPS) is 24.5. The van der Waals surface area contributed by atoms with Crippen LogP contribution in [0, 0.1) is 0 Å². The summed E-state index contributed by atoms with van der Waals surface area (Å²) in [5, 5.41) is 2.45. The maximum atomic E-state index is 12.2. The molecule has 1 atom stereocenters. The van der Waals surface area contributed by atoms with Gasteiger partial charge in [-0.1, -0.05) is 43.7 Å². The number of carbonyl (C=O) groups excluding carboxylic acids is 2. The molecule has 1 saturated heterocycles. The third kappa shape index (κ3) is 2.22. The molecule has 1 aliphatic rings. The molecule has 0 bridgehead atoms. The van der Waals surface area contributed by atoms with Gasteiger partial charge < -0.3 is 0 Å². The Bertz CT molecular complexity index is 432. The second kappa shape index (κ2) is 4.92. The molecule has 0 aromatic heterocycles. The monoisotopic (exact) mass is 249 g/mol. The molecule has 0 unspecified atom stereocenters. The van der Waals surface area contributed by atoms with E-state index in [1.807, 2.05) is 30.3 Å². The summed E-state index contributed by atoms with van der Waals surface area (Å²) < 4.78 is -0.593. The fourth-order valence-electron chi connectivity index (χ4n) is 2.12. The topological polar surface area (TPSA) is 46.2 Å². The first-order valence-corrected chi connectivity index (χ1v) is 6.71. The number of benzene rings is 1. The molecule has 1 fully saturated rings. The van der Waals surface area contributed by atoms with Crippen molar-refractivity contribution in [2.75, 3.05) is 5.75 Å². The van der Waals surface area contributed by atoms with Crippen LogP contribution in [0.4, 0.5) is 0 Å². The van der Waals surface area contributed by atoms with Crippen LogP contribution in [-0.4, -0.2) is 17.6 Å². The van der Waals surface area contributed by atoms with Crippen molar-refractivity contribution in [3.63, 3.8) is 0 Å². The van der Waals surface area contributed by atoms with Crippen molar-refractivity contribution in [1.29, 1.82) is 0 Å². The molecule has 2 amide bonds. The summed E-state index contributed by atoms with van der Waals surface area (Å²) in [7, 11) is 0. The Hall–Kier alpha value is -1.29. The summed E-state index contributed by atoms with van der Waals surface area (Å²) in [5.41, 5.74) is 0.983. The molecule has 1 N–H and O–H groups in total. The lowest BCUT2D eigenvalue weighted by atomic mass is 9.92. The molecule has 2 rings (SSSR count). The standard InChI is InChI=1S/C13H15NO2S/c1-2-8-13(10-6-4-3-5-7-10)12(16)14-11(15)9-17-13/h3-7H,2,8-9H2,1H3,(H,14,15,16)/t13-/m1/s1. The zero-order valence-corrected chi connectivity index (χ0v) is 10.5. The molecule has 1 aromatic carbocycles. The highest BCUT2D eigenvalue weighted by atomic mass is 32.2. The first-order valence-electron chi connectivity index (χ1n) is 5.73. The fourth-order valence-corrected chi connectivity index (χ4v) is 3.40. The average molecular weight is 249 g/mol. The average Bonchev–Trinajstić information content (AvgIpc) is 2.34. The number of amides is 2. The second-order valence-electron chi connectivity index (χ2n) is 4.11. The highest BCUT2D eigenvalue weighted by molar-refractivity contribution is 8.01. The molecule has 0 spiro atoms. The summed E-state index contributed by atoms with van der Waals surface area (Å²) in [5.74, 6) is -0.0184. The zero-order valence-electron chi connectivity index (χ0n) is 9.73. The number of hydrogen-bond donors (Lipinski definition) is 1. The molecule has 0 radical (unpaired) electrons. The van der Waals surface area contributed by atoms with Crippen molar-refractivity contribution >= 4 is 23.6 Å². The van der Waals surface area contributed by atoms with Gasteiger partial charge >= 0.3 is 0 Å². The van der Waals surface area contributed by atoms with Gasteiger partial charge in [-0.05, 0) is 12.0 Å². The van der Waals surface area contributed by atoms with E-state index in [9.17, 15) is 9.59 Å². The van der Waals surface area contributed by atoms with Crippen LogP contribution in [0.15, 0.2) is 30.3 Å². The second-order valence-corrected chi connectivity index (χ2v) is 5.38. The molecule has 3 nitrogen and oxygen atoms in total. The van der Waals surface area contributed by atoms with Crippen LogP contribution < -0.4 is 5.32 Å². The van der Waals surface area contributed by atoms with E-state index in [0.717, 1.165) is 18.4 Å². The molecular formula is C13H15NO2S. The van der Waals surface area contributed by atoms with Crippen molar-refractivity contribution in [1.82, 2.24) is 5.32 Å². The summed E-state index contributed by atoms with van der Waals surface area (Å²) >= 11 is 1.44. The molecule has 0 saturated carbocycles. The van der Waals surface area contributed by atoms with Crippen molar-refractivity contribution in [3.05, 3.63) is 35.9 Å². The number of carbonyl (C=O) groups is 2. The molecule has 17 heavy (non-hydrogen) atoms. The molecule has 0 aliphatic carbocycles. The largest absolute Gasteiger partial charge is 0.294 e. The van der Waals surface area contributed by atoms with Crippen molar-refractivity contribution in [2.45, 2.75) is 24.5 Å². The number of rotatable bonds is 3. The zero-order chi connectivity index (χ0) is 12.3. The lowest BCUT2D eigenvalue weighted by Crippen LogP contribution is -2.50. The van der Waals surface area contributed by atoms with Gasteiger partial charge in [-0.25, -0.2) is 0 Å². The van der Waals surface area contributed by atoms with Crippen molar-refractivity contribution in [2.24, 2.45) is 0 Å². The smallest absolute Gasteiger partial charge is 0.247 e. The lowest BCUT2D eigenvalue weighted by Gasteiger charge is -2.34. The highest BCUT2D eigenvalue weighted by Crippen LogP contribution is 2.42. The quantitative estimate of drug-likeness (QED) is 0.834. The van der Waals surface area contributed by atoms with Gasteiger partial charge in [0.2, 0.25) is 11.8 Å². The van der Waals surface area contributed by atoms with E-state index in [2.05, 4.69) is 12.2 Å². The molecule has 1 aromatic rings. The van der Waals surface area contributed by atoms with Gasteiger partial charge in [-0.15, -0.1) is 11.8 Å². The number of hydrogen-bond acceptors (Lipinski definition) is 3. The van der Waals surface area contributed by atoms with Crippen LogP contribution in [0.1, 0.15) is 25.3 Å². The van der Waals surface area contributed by atoms with Crippen LogP contribution in [-0.2, 0) is 14.3 Å². The Balaban J connectivity index is 2.39. The van der Waals surface area contributed by atoms with E-state index in [-0.39, 0.29) is 11.8 Å². The van der Waals surface area contributed by atoms with E-state index in [1.165, 1.54) is 11.8 Å². The van der Waals surface area contributed by atoms with E-state index in [0.29, 0.717) is 5.75 Å². The summed E-state index contributed by atoms with van der Waals surface area (Å²) in [6, 6.07) is 9.70. The Morgan fingerprint density at radius 3 is 2.59 bits per heavy atom. The number of thioether (sulfide) groups is 1. The van der Waals surface area contributed by atoms with Gasteiger partial charge in [0.05, 0.1) is 5.75 Å². The summed E-state index contributed by atoms with van der Waals surface area (Å²) in [6.45, 7) is 2.05. The maximum absolute atomic E-state index is 12.2. The third-order valence-corrected chi connectivity index (χ3v) is 4.44. The van der Waals surface area contributed by atoms with Gasteiger partial charge in [0, 0.05) is 0 Å². The molecule has 1 heterocycles. The SMILES string of the molecule is CCC[C@]1(c2ccccc2)SCC(=O)NC1=O. The van der Waals surface area contributed by atoms with Crippen LogP contribution >= 0.6 is 11.8 Å². The van der Waals surface area contributed by atoms with Crippen molar-refractivity contribution in [3.8, 4) is 0 Å². The molecule has 90 valence electrons. The summed E-state index contributed by atoms with van der Waals surface area (Å²) in [6.07, 6.45) is 1.66. The maximum Gasteiger partial charge on any atom is 0.247 e. The number of imide groups is 1. The van der Waals surface area contributed by atoms with Crippen molar-refractivity contribution < 1.29 is 9.59 Å². The highest BCUT2D eigenvalue weighted by Gasteiger charge is 2.44. The Morgan fingerprint density at radius 1 is 1.29 bits per heavy atom. The predicted molar refractivity (Wildman–Crippen MR) is 68.6 cm³/mol. The van der Waals surface area contributed by atoms with Gasteiger partial charge in [0.25, 0.3) is 0 Å². The molecular weight excluding hydrogens is 234 g/mol. The first kappa shape index (κ1) is 12.2. The third-order valence-electron chi connectivity index (χ3n) is 2.91. The van der Waals surface area contributed by atoms with E-state index < -0.39 is 4.75 Å². The van der Waals surface area contributed by atoms with Gasteiger partial charge in [0.15, 0.2) is 0 Å². The minimum absolute atomic E-state index is 0.174. The van der Waals surface area contributed by atoms with E-state index in [4.69, 9.17) is 0 Å². The molecule has 4 heteroatoms. The Morgan fingerprint density at radius 2 is 2.00 bits per heavy atom. The van der Waals surface area contributed by atoms with E-state index in [1.54, 1.807) is 0 Å². The minimum Gasteiger partial charge on any atom is -0.294 e. The van der Waals surface area contributed by atoms with E-state index >= 15 is 0 Å². The van der Waals surface area contributed by atoms with Crippen LogP contribution in [0.3, 0.4) is 0 Å². The van der Waals surface area contributed by atoms with Gasteiger partial charge in [-0.2, -0.15) is 0 Å². The van der Waals surface area contributed by atoms with Crippen LogP contribution in [0.5, 0.6) is 0 Å². The summed E-state index contributed by atoms with van der Waals surface area (Å²) in [4.78, 5) is 23.4. The van der Waals surface area contributed by atoms with Gasteiger partial charge in [-0.3, -0.25) is 14.9 Å². The molecule has 1 aliphatic heterocycles. The lowest BCUT2D eigenvalue weighted by molar-refractivity contribution is -0.131. The van der Waals surface area contributed by atoms with Gasteiger partial charge in [0.1, 0.15) is 4.75 Å². The fraction of sp³-hybridized carbons (Fsp3) is 0.385. The van der Waals surface area contributed by atoms with Crippen LogP contribution in [0.25, 0.3) is 0 Å². The van der Waals surface area contributed by atoms with Crippen LogP contribution in [0.2, 0.25) is 0 Å². The first-order chi connectivity index (χ1) is 8.19.